The summed E-state index contributed by atoms with van der Waals surface area (Å²) in [4.78, 5) is 30.0. The highest BCUT2D eigenvalue weighted by Crippen LogP contribution is 2.33. The van der Waals surface area contributed by atoms with Gasteiger partial charge in [0.2, 0.25) is 15.9 Å². The minimum Gasteiger partial charge on any atom is -0.377 e. The van der Waals surface area contributed by atoms with Crippen molar-refractivity contribution in [3.63, 3.8) is 0 Å². The summed E-state index contributed by atoms with van der Waals surface area (Å²) in [6.07, 6.45) is 1.58. The highest BCUT2D eigenvalue weighted by atomic mass is 32.2. The number of nitrogens with zero attached hydrogens (tertiary/aromatic N) is 3. The number of halogens is 1. The Labute approximate surface area is 239 Å². The van der Waals surface area contributed by atoms with Crippen LogP contribution >= 0.6 is 0 Å². The minimum absolute atomic E-state index is 0.0650. The smallest absolute Gasteiger partial charge is 0.321 e. The van der Waals surface area contributed by atoms with Gasteiger partial charge in [0.25, 0.3) is 0 Å². The third-order valence-corrected chi connectivity index (χ3v) is 9.44. The van der Waals surface area contributed by atoms with Crippen LogP contribution in [0.25, 0.3) is 10.8 Å². The highest BCUT2D eigenvalue weighted by molar-refractivity contribution is 7.89. The number of fused-ring (bicyclic) bond motifs is 1. The number of carbonyl (C=O) groups excluding carboxylic acids is 2. The maximum absolute atomic E-state index is 14.2. The fourth-order valence-electron chi connectivity index (χ4n) is 5.33. The molecule has 3 aromatic carbocycles. The molecule has 3 amide bonds. The monoisotopic (exact) mass is 583 g/mol. The van der Waals surface area contributed by atoms with Crippen molar-refractivity contribution >= 4 is 44.1 Å². The summed E-state index contributed by atoms with van der Waals surface area (Å²) in [6.45, 7) is 0.705. The normalized spacial score (nSPS) is 19.7. The number of nitrogens with one attached hydrogen (secondary N) is 2. The van der Waals surface area contributed by atoms with E-state index in [1.165, 1.54) is 33.5 Å². The van der Waals surface area contributed by atoms with Crippen LogP contribution in [0.15, 0.2) is 65.6 Å². The number of urea groups is 1. The third kappa shape index (κ3) is 6.14. The molecule has 2 unspecified atom stereocenters. The first-order valence-electron chi connectivity index (χ1n) is 13.6. The number of hydrogen-bond acceptors (Lipinski definition) is 6. The van der Waals surface area contributed by atoms with Crippen molar-refractivity contribution < 1.29 is 27.1 Å². The van der Waals surface area contributed by atoms with Crippen LogP contribution < -0.4 is 15.5 Å². The van der Waals surface area contributed by atoms with Crippen molar-refractivity contribution in [1.29, 1.82) is 0 Å². The lowest BCUT2D eigenvalue weighted by Crippen LogP contribution is -2.62. The average molecular weight is 584 g/mol. The van der Waals surface area contributed by atoms with Crippen LogP contribution in [0, 0.1) is 5.82 Å². The number of sulfonamides is 1. The van der Waals surface area contributed by atoms with Gasteiger partial charge in [0, 0.05) is 69.0 Å². The van der Waals surface area contributed by atoms with E-state index in [1.807, 2.05) is 31.1 Å². The highest BCUT2D eigenvalue weighted by Gasteiger charge is 2.42. The van der Waals surface area contributed by atoms with Gasteiger partial charge in [-0.1, -0.05) is 24.3 Å². The molecule has 0 aromatic heterocycles. The van der Waals surface area contributed by atoms with Crippen LogP contribution in [0.5, 0.6) is 0 Å². The van der Waals surface area contributed by atoms with E-state index in [0.717, 1.165) is 23.9 Å². The lowest BCUT2D eigenvalue weighted by atomic mass is 10.1. The molecule has 2 N–H and O–H groups in total. The molecular formula is C29H34FN5O5S. The zero-order valence-electron chi connectivity index (χ0n) is 23.0. The summed E-state index contributed by atoms with van der Waals surface area (Å²) in [7, 11) is -0.374. The van der Waals surface area contributed by atoms with Gasteiger partial charge in [-0.15, -0.1) is 0 Å². The zero-order chi connectivity index (χ0) is 29.1. The van der Waals surface area contributed by atoms with Crippen molar-refractivity contribution in [3.05, 3.63) is 66.5 Å². The topological polar surface area (TPSA) is 111 Å². The molecule has 2 atom stereocenters. The van der Waals surface area contributed by atoms with E-state index in [2.05, 4.69) is 10.6 Å². The SMILES string of the molecule is CN(C)c1cccc2c(S(=O)(=O)N3CCN(C(=O)Nc4ccc(F)cc4)CC3C(=O)NCC3CCCO3)cccc12. The van der Waals surface area contributed by atoms with Gasteiger partial charge >= 0.3 is 6.03 Å². The molecule has 10 nitrogen and oxygen atoms in total. The molecule has 41 heavy (non-hydrogen) atoms. The summed E-state index contributed by atoms with van der Waals surface area (Å²) in [5, 5.41) is 6.87. The Hall–Kier alpha value is -3.74. The van der Waals surface area contributed by atoms with Crippen molar-refractivity contribution in [3.8, 4) is 0 Å². The predicted molar refractivity (Wildman–Crippen MR) is 155 cm³/mol. The fraction of sp³-hybridized carbons (Fsp3) is 0.379. The first-order valence-corrected chi connectivity index (χ1v) is 15.0. The van der Waals surface area contributed by atoms with Crippen molar-refractivity contribution in [2.24, 2.45) is 0 Å². The van der Waals surface area contributed by atoms with Crippen molar-refractivity contribution in [1.82, 2.24) is 14.5 Å². The summed E-state index contributed by atoms with van der Waals surface area (Å²) in [5.41, 5.74) is 1.26. The molecule has 3 aromatic rings. The van der Waals surface area contributed by atoms with E-state index in [9.17, 15) is 22.4 Å². The number of carbonyl (C=O) groups is 2. The summed E-state index contributed by atoms with van der Waals surface area (Å²) in [5.74, 6) is -0.937. The van der Waals surface area contributed by atoms with Crippen LogP contribution in [0.4, 0.5) is 20.6 Å². The zero-order valence-corrected chi connectivity index (χ0v) is 23.9. The fourth-order valence-corrected chi connectivity index (χ4v) is 7.11. The quantitative estimate of drug-likeness (QED) is 0.442. The lowest BCUT2D eigenvalue weighted by Gasteiger charge is -2.39. The molecule has 2 fully saturated rings. The van der Waals surface area contributed by atoms with Gasteiger partial charge in [-0.25, -0.2) is 17.6 Å². The van der Waals surface area contributed by atoms with Gasteiger partial charge in [0.1, 0.15) is 11.9 Å². The maximum Gasteiger partial charge on any atom is 0.321 e. The molecular weight excluding hydrogens is 549 g/mol. The number of anilines is 2. The second kappa shape index (κ2) is 12.0. The summed E-state index contributed by atoms with van der Waals surface area (Å²) < 4.78 is 48.5. The van der Waals surface area contributed by atoms with Crippen LogP contribution in [0.2, 0.25) is 0 Å². The van der Waals surface area contributed by atoms with E-state index in [1.54, 1.807) is 24.3 Å². The Bertz CT molecular complexity index is 1530. The van der Waals surface area contributed by atoms with Crippen molar-refractivity contribution in [2.75, 3.05) is 57.1 Å². The standard InChI is InChI=1S/C29H34FN5O5S/c1-33(2)25-9-3-8-24-23(25)7-4-10-27(24)41(38,39)35-16-15-34(29(37)32-21-13-11-20(30)12-14-21)19-26(35)28(36)31-18-22-6-5-17-40-22/h3-4,7-14,22,26H,5-6,15-19H2,1-2H3,(H,31,36)(H,32,37). The largest absolute Gasteiger partial charge is 0.377 e. The van der Waals surface area contributed by atoms with Gasteiger partial charge in [0.15, 0.2) is 0 Å². The van der Waals surface area contributed by atoms with Crippen LogP contribution in [0.1, 0.15) is 12.8 Å². The maximum atomic E-state index is 14.2. The van der Waals surface area contributed by atoms with Gasteiger partial charge in [-0.05, 0) is 49.2 Å². The van der Waals surface area contributed by atoms with E-state index >= 15 is 0 Å². The number of piperazine rings is 1. The molecule has 0 bridgehead atoms. The molecule has 2 heterocycles. The third-order valence-electron chi connectivity index (χ3n) is 7.47. The molecule has 0 radical (unpaired) electrons. The molecule has 2 aliphatic rings. The molecule has 12 heteroatoms. The number of amides is 3. The van der Waals surface area contributed by atoms with Gasteiger partial charge in [0.05, 0.1) is 11.0 Å². The first-order chi connectivity index (χ1) is 19.6. The van der Waals surface area contributed by atoms with Crippen LogP contribution in [-0.2, 0) is 19.6 Å². The summed E-state index contributed by atoms with van der Waals surface area (Å²) >= 11 is 0. The summed E-state index contributed by atoms with van der Waals surface area (Å²) in [6, 6.07) is 14.2. The molecule has 218 valence electrons. The van der Waals surface area contributed by atoms with Gasteiger partial charge in [-0.3, -0.25) is 4.79 Å². The first kappa shape index (κ1) is 28.8. The molecule has 5 rings (SSSR count). The second-order valence-corrected chi connectivity index (χ2v) is 12.3. The van der Waals surface area contributed by atoms with Crippen LogP contribution in [0.3, 0.4) is 0 Å². The minimum atomic E-state index is -4.15. The Balaban J connectivity index is 1.44. The molecule has 0 saturated carbocycles. The molecule has 0 aliphatic carbocycles. The molecule has 0 spiro atoms. The second-order valence-electron chi connectivity index (χ2n) is 10.4. The van der Waals surface area contributed by atoms with Crippen molar-refractivity contribution in [2.45, 2.75) is 29.9 Å². The predicted octanol–water partition coefficient (Wildman–Crippen LogP) is 3.25. The Morgan fingerprint density at radius 2 is 1.76 bits per heavy atom. The average Bonchev–Trinajstić information content (AvgIpc) is 3.50. The molecule has 2 saturated heterocycles. The number of hydrogen-bond donors (Lipinski definition) is 2. The Kier molecular flexibility index (Phi) is 8.43. The van der Waals surface area contributed by atoms with Crippen LogP contribution in [-0.4, -0.2) is 88.6 Å². The van der Waals surface area contributed by atoms with Gasteiger partial charge < -0.3 is 25.2 Å². The number of benzene rings is 3. The van der Waals surface area contributed by atoms with E-state index in [0.29, 0.717) is 17.7 Å². The molecule has 2 aliphatic heterocycles. The van der Waals surface area contributed by atoms with E-state index in [4.69, 9.17) is 4.74 Å². The number of rotatable bonds is 7. The Morgan fingerprint density at radius 1 is 1.02 bits per heavy atom. The lowest BCUT2D eigenvalue weighted by molar-refractivity contribution is -0.126. The van der Waals surface area contributed by atoms with Gasteiger partial charge in [-0.2, -0.15) is 4.31 Å². The van der Waals surface area contributed by atoms with E-state index < -0.39 is 33.8 Å². The van der Waals surface area contributed by atoms with E-state index in [-0.39, 0.29) is 37.2 Å². The number of ether oxygens (including phenoxy) is 1. The Morgan fingerprint density at radius 3 is 2.46 bits per heavy atom.